The summed E-state index contributed by atoms with van der Waals surface area (Å²) in [4.78, 5) is 24.6. The van der Waals surface area contributed by atoms with Gasteiger partial charge in [-0.25, -0.2) is 4.79 Å². The van der Waals surface area contributed by atoms with Gasteiger partial charge in [-0.2, -0.15) is 0 Å². The van der Waals surface area contributed by atoms with Crippen LogP contribution in [0.15, 0.2) is 24.3 Å². The molecule has 0 aliphatic carbocycles. The predicted molar refractivity (Wildman–Crippen MR) is 72.5 cm³/mol. The van der Waals surface area contributed by atoms with E-state index >= 15 is 0 Å². The quantitative estimate of drug-likeness (QED) is 0.607. The van der Waals surface area contributed by atoms with E-state index in [-0.39, 0.29) is 24.2 Å². The maximum Gasteiger partial charge on any atom is 0.338 e. The zero-order valence-corrected chi connectivity index (χ0v) is 11.6. The Labute approximate surface area is 113 Å². The van der Waals surface area contributed by atoms with E-state index in [4.69, 9.17) is 4.74 Å². The molecule has 1 rings (SSSR count). The zero-order chi connectivity index (χ0) is 12.8. The maximum absolute atomic E-state index is 11.6. The number of benzene rings is 1. The number of hydrogen-bond donors (Lipinski definition) is 0. The van der Waals surface area contributed by atoms with E-state index < -0.39 is 0 Å². The topological polar surface area (TPSA) is 46.6 Å². The van der Waals surface area contributed by atoms with Gasteiger partial charge >= 0.3 is 5.97 Å². The number of ether oxygens (including phenoxy) is 1. The monoisotopic (exact) mass is 271 g/mol. The van der Waals surface area contributed by atoms with Crippen molar-refractivity contribution in [1.82, 2.24) is 4.90 Å². The second-order valence-electron chi connectivity index (χ2n) is 4.07. The minimum Gasteiger partial charge on any atom is -0.461 e. The Hall–Kier alpha value is -1.39. The van der Waals surface area contributed by atoms with Crippen molar-refractivity contribution < 1.29 is 14.3 Å². The maximum atomic E-state index is 11.6. The van der Waals surface area contributed by atoms with Crippen molar-refractivity contribution in [3.8, 4) is 0 Å². The molecule has 0 aliphatic rings. The number of carbonyl (C=O) groups excluding carboxylic acids is 2. The van der Waals surface area contributed by atoms with Gasteiger partial charge in [0, 0.05) is 12.1 Å². The minimum absolute atomic E-state index is 0. The summed E-state index contributed by atoms with van der Waals surface area (Å²) in [5, 5.41) is 0. The van der Waals surface area contributed by atoms with Gasteiger partial charge in [-0.05, 0) is 33.2 Å². The molecular formula is C13H18ClNO3. The van der Waals surface area contributed by atoms with Crippen LogP contribution in [0.5, 0.6) is 0 Å². The van der Waals surface area contributed by atoms with E-state index in [1.54, 1.807) is 24.3 Å². The van der Waals surface area contributed by atoms with Crippen LogP contribution in [-0.4, -0.2) is 43.9 Å². The molecular weight excluding hydrogens is 254 g/mol. The molecule has 0 bridgehead atoms. The Morgan fingerprint density at radius 1 is 1.11 bits per heavy atom. The minimum atomic E-state index is -0.359. The molecule has 1 aromatic rings. The van der Waals surface area contributed by atoms with E-state index in [1.807, 2.05) is 19.0 Å². The highest BCUT2D eigenvalue weighted by molar-refractivity contribution is 5.96. The molecule has 0 radical (unpaired) electrons. The molecule has 0 aromatic heterocycles. The molecule has 0 atom stereocenters. The average Bonchev–Trinajstić information content (AvgIpc) is 2.28. The van der Waals surface area contributed by atoms with Gasteiger partial charge < -0.3 is 9.64 Å². The van der Waals surface area contributed by atoms with Crippen molar-refractivity contribution in [2.75, 3.05) is 27.2 Å². The molecule has 18 heavy (non-hydrogen) atoms. The first-order valence-corrected chi connectivity index (χ1v) is 5.43. The first-order chi connectivity index (χ1) is 8.00. The Balaban J connectivity index is 0.00000289. The van der Waals surface area contributed by atoms with Gasteiger partial charge in [-0.15, -0.1) is 12.4 Å². The Morgan fingerprint density at radius 3 is 2.06 bits per heavy atom. The number of hydrogen-bond acceptors (Lipinski definition) is 4. The van der Waals surface area contributed by atoms with E-state index in [1.165, 1.54) is 6.92 Å². The molecule has 1 aromatic carbocycles. The van der Waals surface area contributed by atoms with Crippen molar-refractivity contribution in [2.24, 2.45) is 0 Å². The number of carbonyl (C=O) groups is 2. The number of Topliss-reactive ketones (excluding diaryl/α,β-unsaturated/α-hetero) is 1. The fraction of sp³-hybridized carbons (Fsp3) is 0.385. The summed E-state index contributed by atoms with van der Waals surface area (Å²) >= 11 is 0. The third-order valence-corrected chi connectivity index (χ3v) is 2.30. The van der Waals surface area contributed by atoms with Crippen LogP contribution in [0.4, 0.5) is 0 Å². The third-order valence-electron chi connectivity index (χ3n) is 2.30. The lowest BCUT2D eigenvalue weighted by molar-refractivity contribution is 0.0481. The third kappa shape index (κ3) is 5.29. The summed E-state index contributed by atoms with van der Waals surface area (Å²) in [7, 11) is 3.82. The molecule has 0 unspecified atom stereocenters. The summed E-state index contributed by atoms with van der Waals surface area (Å²) in [6.45, 7) is 2.54. The normalized spacial score (nSPS) is 9.78. The second-order valence-corrected chi connectivity index (χ2v) is 4.07. The van der Waals surface area contributed by atoms with Gasteiger partial charge in [-0.3, -0.25) is 4.79 Å². The molecule has 0 fully saturated rings. The molecule has 0 amide bonds. The molecule has 0 saturated carbocycles. The molecule has 0 heterocycles. The Bertz CT molecular complexity index is 401. The highest BCUT2D eigenvalue weighted by atomic mass is 35.5. The van der Waals surface area contributed by atoms with Crippen LogP contribution in [-0.2, 0) is 4.74 Å². The number of rotatable bonds is 5. The number of likely N-dealkylation sites (N-methyl/N-ethyl adjacent to an activating group) is 1. The lowest BCUT2D eigenvalue weighted by Gasteiger charge is -2.09. The molecule has 0 spiro atoms. The lowest BCUT2D eigenvalue weighted by Crippen LogP contribution is -2.20. The summed E-state index contributed by atoms with van der Waals surface area (Å²) in [5.74, 6) is -0.375. The smallest absolute Gasteiger partial charge is 0.338 e. The fourth-order valence-corrected chi connectivity index (χ4v) is 1.25. The van der Waals surface area contributed by atoms with E-state index in [0.29, 0.717) is 24.3 Å². The van der Waals surface area contributed by atoms with Crippen LogP contribution in [0.1, 0.15) is 27.6 Å². The van der Waals surface area contributed by atoms with Gasteiger partial charge in [0.1, 0.15) is 6.61 Å². The largest absolute Gasteiger partial charge is 0.461 e. The number of halogens is 1. The van der Waals surface area contributed by atoms with E-state index in [9.17, 15) is 9.59 Å². The molecule has 4 nitrogen and oxygen atoms in total. The average molecular weight is 272 g/mol. The molecule has 100 valence electrons. The standard InChI is InChI=1S/C13H17NO3.ClH/c1-10(15)11-4-6-12(7-5-11)13(16)17-9-8-14(2)3;/h4-7H,8-9H2,1-3H3;1H. The summed E-state index contributed by atoms with van der Waals surface area (Å²) in [6.07, 6.45) is 0. The first-order valence-electron chi connectivity index (χ1n) is 5.43. The van der Waals surface area contributed by atoms with Crippen LogP contribution in [0, 0.1) is 0 Å². The second kappa shape index (κ2) is 7.84. The van der Waals surface area contributed by atoms with Crippen LogP contribution < -0.4 is 0 Å². The van der Waals surface area contributed by atoms with Crippen molar-refractivity contribution >= 4 is 24.2 Å². The van der Waals surface area contributed by atoms with E-state index in [0.717, 1.165) is 0 Å². The van der Waals surface area contributed by atoms with Gasteiger partial charge in [0.15, 0.2) is 5.78 Å². The summed E-state index contributed by atoms with van der Waals surface area (Å²) in [6, 6.07) is 6.47. The number of ketones is 1. The van der Waals surface area contributed by atoms with Crippen molar-refractivity contribution in [3.05, 3.63) is 35.4 Å². The molecule has 5 heteroatoms. The van der Waals surface area contributed by atoms with Gasteiger partial charge in [0.2, 0.25) is 0 Å². The van der Waals surface area contributed by atoms with E-state index in [2.05, 4.69) is 0 Å². The molecule has 0 saturated heterocycles. The van der Waals surface area contributed by atoms with Crippen LogP contribution in [0.2, 0.25) is 0 Å². The zero-order valence-electron chi connectivity index (χ0n) is 10.8. The summed E-state index contributed by atoms with van der Waals surface area (Å²) in [5.41, 5.74) is 1.06. The Morgan fingerprint density at radius 2 is 1.61 bits per heavy atom. The van der Waals surface area contributed by atoms with Gasteiger partial charge in [0.25, 0.3) is 0 Å². The lowest BCUT2D eigenvalue weighted by atomic mass is 10.1. The SMILES string of the molecule is CC(=O)c1ccc(C(=O)OCCN(C)C)cc1.Cl. The van der Waals surface area contributed by atoms with Crippen molar-refractivity contribution in [1.29, 1.82) is 0 Å². The number of nitrogens with zero attached hydrogens (tertiary/aromatic N) is 1. The molecule has 0 N–H and O–H groups in total. The fourth-order valence-electron chi connectivity index (χ4n) is 1.25. The van der Waals surface area contributed by atoms with Crippen molar-refractivity contribution in [3.63, 3.8) is 0 Å². The predicted octanol–water partition coefficient (Wildman–Crippen LogP) is 2.03. The van der Waals surface area contributed by atoms with Gasteiger partial charge in [-0.1, -0.05) is 12.1 Å². The van der Waals surface area contributed by atoms with Crippen LogP contribution in [0.25, 0.3) is 0 Å². The Kier molecular flexibility index (Phi) is 7.24. The highest BCUT2D eigenvalue weighted by Gasteiger charge is 2.07. The number of esters is 1. The van der Waals surface area contributed by atoms with Crippen LogP contribution in [0.3, 0.4) is 0 Å². The first kappa shape index (κ1) is 16.6. The molecule has 0 aliphatic heterocycles. The summed E-state index contributed by atoms with van der Waals surface area (Å²) < 4.78 is 5.07. The van der Waals surface area contributed by atoms with Gasteiger partial charge in [0.05, 0.1) is 5.56 Å². The van der Waals surface area contributed by atoms with Crippen molar-refractivity contribution in [2.45, 2.75) is 6.92 Å². The van der Waals surface area contributed by atoms with Crippen LogP contribution >= 0.6 is 12.4 Å². The highest BCUT2D eigenvalue weighted by Crippen LogP contribution is 2.06.